The normalized spacial score (nSPS) is 17.1. The van der Waals surface area contributed by atoms with E-state index in [1.54, 1.807) is 4.90 Å². The Morgan fingerprint density at radius 3 is 2.39 bits per heavy atom. The van der Waals surface area contributed by atoms with Crippen molar-refractivity contribution >= 4 is 6.03 Å². The monoisotopic (exact) mass is 317 g/mol. The van der Waals surface area contributed by atoms with E-state index in [-0.39, 0.29) is 6.03 Å². The number of benzene rings is 1. The fourth-order valence-corrected chi connectivity index (χ4v) is 3.18. The van der Waals surface area contributed by atoms with Gasteiger partial charge in [0.05, 0.1) is 0 Å². The van der Waals surface area contributed by atoms with E-state index in [1.807, 2.05) is 19.0 Å². The van der Waals surface area contributed by atoms with E-state index in [9.17, 15) is 4.79 Å². The summed E-state index contributed by atoms with van der Waals surface area (Å²) in [4.78, 5) is 15.6. The summed E-state index contributed by atoms with van der Waals surface area (Å²) in [7, 11) is 3.64. The van der Waals surface area contributed by atoms with Gasteiger partial charge in [-0.1, -0.05) is 36.8 Å². The van der Waals surface area contributed by atoms with Crippen molar-refractivity contribution in [2.45, 2.75) is 51.6 Å². The molecule has 2 amide bonds. The van der Waals surface area contributed by atoms with Crippen LogP contribution in [0.2, 0.25) is 0 Å². The summed E-state index contributed by atoms with van der Waals surface area (Å²) >= 11 is 0. The van der Waals surface area contributed by atoms with Gasteiger partial charge in [-0.3, -0.25) is 0 Å². The standard InChI is InChI=1S/C19H31N3O/c1-5-17(14-16-8-6-15(2)7-9-16)20-18-10-12-22(13-11-18)19(23)21(3)4/h6-9,17-18,20H,5,10-14H2,1-4H3. The lowest BCUT2D eigenvalue weighted by molar-refractivity contribution is 0.150. The van der Waals surface area contributed by atoms with Crippen LogP contribution in [0.3, 0.4) is 0 Å². The molecule has 1 aliphatic heterocycles. The number of urea groups is 1. The van der Waals surface area contributed by atoms with Crippen molar-refractivity contribution < 1.29 is 4.79 Å². The maximum atomic E-state index is 12.0. The number of piperidine rings is 1. The van der Waals surface area contributed by atoms with Crippen LogP contribution in [0.15, 0.2) is 24.3 Å². The molecule has 0 bridgehead atoms. The van der Waals surface area contributed by atoms with Crippen LogP contribution in [0.1, 0.15) is 37.3 Å². The number of aryl methyl sites for hydroxylation is 1. The highest BCUT2D eigenvalue weighted by Gasteiger charge is 2.24. The molecule has 1 aliphatic rings. The van der Waals surface area contributed by atoms with Crippen LogP contribution in [0.5, 0.6) is 0 Å². The van der Waals surface area contributed by atoms with Crippen molar-refractivity contribution in [1.29, 1.82) is 0 Å². The van der Waals surface area contributed by atoms with Crippen molar-refractivity contribution in [3.05, 3.63) is 35.4 Å². The molecule has 1 aromatic carbocycles. The van der Waals surface area contributed by atoms with Gasteiger partial charge in [0.1, 0.15) is 0 Å². The van der Waals surface area contributed by atoms with Gasteiger partial charge in [-0.25, -0.2) is 4.79 Å². The molecule has 0 aromatic heterocycles. The Morgan fingerprint density at radius 2 is 1.87 bits per heavy atom. The Morgan fingerprint density at radius 1 is 1.26 bits per heavy atom. The molecule has 0 spiro atoms. The van der Waals surface area contributed by atoms with E-state index in [2.05, 4.69) is 43.4 Å². The molecule has 1 saturated heterocycles. The summed E-state index contributed by atoms with van der Waals surface area (Å²) in [5, 5.41) is 3.81. The topological polar surface area (TPSA) is 35.6 Å². The summed E-state index contributed by atoms with van der Waals surface area (Å²) in [5.74, 6) is 0. The molecule has 128 valence electrons. The summed E-state index contributed by atoms with van der Waals surface area (Å²) < 4.78 is 0. The Hall–Kier alpha value is -1.55. The second kappa shape index (κ2) is 8.34. The second-order valence-electron chi connectivity index (χ2n) is 6.90. The number of hydrogen-bond acceptors (Lipinski definition) is 2. The average molecular weight is 317 g/mol. The predicted molar refractivity (Wildman–Crippen MR) is 95.8 cm³/mol. The summed E-state index contributed by atoms with van der Waals surface area (Å²) in [6, 6.07) is 10.0. The number of rotatable bonds is 5. The van der Waals surface area contributed by atoms with Gasteiger partial charge in [0.15, 0.2) is 0 Å². The number of likely N-dealkylation sites (tertiary alicyclic amines) is 1. The maximum Gasteiger partial charge on any atom is 0.319 e. The lowest BCUT2D eigenvalue weighted by Crippen LogP contribution is -2.50. The van der Waals surface area contributed by atoms with Gasteiger partial charge < -0.3 is 15.1 Å². The summed E-state index contributed by atoms with van der Waals surface area (Å²) in [5.41, 5.74) is 2.71. The largest absolute Gasteiger partial charge is 0.331 e. The lowest BCUT2D eigenvalue weighted by atomic mass is 9.99. The van der Waals surface area contributed by atoms with Gasteiger partial charge in [0, 0.05) is 39.3 Å². The molecular formula is C19H31N3O. The van der Waals surface area contributed by atoms with Crippen molar-refractivity contribution in [2.24, 2.45) is 0 Å². The van der Waals surface area contributed by atoms with E-state index in [4.69, 9.17) is 0 Å². The zero-order chi connectivity index (χ0) is 16.8. The molecule has 4 nitrogen and oxygen atoms in total. The van der Waals surface area contributed by atoms with Crippen molar-refractivity contribution in [3.63, 3.8) is 0 Å². The van der Waals surface area contributed by atoms with E-state index < -0.39 is 0 Å². The Labute approximate surface area is 140 Å². The summed E-state index contributed by atoms with van der Waals surface area (Å²) in [6.07, 6.45) is 4.30. The molecule has 1 heterocycles. The second-order valence-corrected chi connectivity index (χ2v) is 6.90. The van der Waals surface area contributed by atoms with Gasteiger partial charge in [0.2, 0.25) is 0 Å². The Bertz CT molecular complexity index is 490. The number of carbonyl (C=O) groups excluding carboxylic acids is 1. The third-order valence-corrected chi connectivity index (χ3v) is 4.71. The van der Waals surface area contributed by atoms with Crippen LogP contribution in [-0.4, -0.2) is 55.1 Å². The van der Waals surface area contributed by atoms with Gasteiger partial charge in [-0.05, 0) is 38.2 Å². The van der Waals surface area contributed by atoms with E-state index >= 15 is 0 Å². The Balaban J connectivity index is 1.81. The fourth-order valence-electron chi connectivity index (χ4n) is 3.18. The highest BCUT2D eigenvalue weighted by Crippen LogP contribution is 2.15. The van der Waals surface area contributed by atoms with Crippen molar-refractivity contribution in [1.82, 2.24) is 15.1 Å². The molecule has 1 aromatic rings. The van der Waals surface area contributed by atoms with Gasteiger partial charge in [-0.15, -0.1) is 0 Å². The van der Waals surface area contributed by atoms with E-state index in [1.165, 1.54) is 11.1 Å². The fraction of sp³-hybridized carbons (Fsp3) is 0.632. The van der Waals surface area contributed by atoms with Crippen LogP contribution in [-0.2, 0) is 6.42 Å². The molecule has 4 heteroatoms. The molecule has 0 aliphatic carbocycles. The number of hydrogen-bond donors (Lipinski definition) is 1. The molecule has 1 unspecified atom stereocenters. The van der Waals surface area contributed by atoms with Gasteiger partial charge >= 0.3 is 6.03 Å². The van der Waals surface area contributed by atoms with E-state index in [0.29, 0.717) is 12.1 Å². The van der Waals surface area contributed by atoms with Crippen LogP contribution in [0, 0.1) is 6.92 Å². The molecule has 1 fully saturated rings. The Kier molecular flexibility index (Phi) is 6.46. The molecular weight excluding hydrogens is 286 g/mol. The maximum absolute atomic E-state index is 12.0. The van der Waals surface area contributed by atoms with Crippen molar-refractivity contribution in [2.75, 3.05) is 27.2 Å². The molecule has 1 atom stereocenters. The molecule has 1 N–H and O–H groups in total. The molecule has 23 heavy (non-hydrogen) atoms. The minimum absolute atomic E-state index is 0.134. The third-order valence-electron chi connectivity index (χ3n) is 4.71. The first-order valence-electron chi connectivity index (χ1n) is 8.77. The predicted octanol–water partition coefficient (Wildman–Crippen LogP) is 3.05. The number of nitrogens with zero attached hydrogens (tertiary/aromatic N) is 2. The quantitative estimate of drug-likeness (QED) is 0.906. The zero-order valence-corrected chi connectivity index (χ0v) is 15.0. The van der Waals surface area contributed by atoms with Crippen LogP contribution >= 0.6 is 0 Å². The minimum atomic E-state index is 0.134. The molecule has 0 radical (unpaired) electrons. The van der Waals surface area contributed by atoms with Gasteiger partial charge in [-0.2, -0.15) is 0 Å². The zero-order valence-electron chi connectivity index (χ0n) is 15.0. The first-order valence-corrected chi connectivity index (χ1v) is 8.77. The highest BCUT2D eigenvalue weighted by molar-refractivity contribution is 5.73. The minimum Gasteiger partial charge on any atom is -0.331 e. The van der Waals surface area contributed by atoms with Crippen LogP contribution in [0.25, 0.3) is 0 Å². The van der Waals surface area contributed by atoms with Gasteiger partial charge in [0.25, 0.3) is 0 Å². The highest BCUT2D eigenvalue weighted by atomic mass is 16.2. The van der Waals surface area contributed by atoms with Crippen molar-refractivity contribution in [3.8, 4) is 0 Å². The summed E-state index contributed by atoms with van der Waals surface area (Å²) in [6.45, 7) is 6.09. The SMILES string of the molecule is CCC(Cc1ccc(C)cc1)NC1CCN(C(=O)N(C)C)CC1. The molecule has 0 saturated carbocycles. The number of nitrogens with one attached hydrogen (secondary N) is 1. The lowest BCUT2D eigenvalue weighted by Gasteiger charge is -2.35. The third kappa shape index (κ3) is 5.24. The first-order chi connectivity index (χ1) is 11.0. The number of carbonyl (C=O) groups is 1. The van der Waals surface area contributed by atoms with Crippen LogP contribution < -0.4 is 5.32 Å². The molecule has 2 rings (SSSR count). The van der Waals surface area contributed by atoms with E-state index in [0.717, 1.165) is 38.8 Å². The smallest absolute Gasteiger partial charge is 0.319 e. The average Bonchev–Trinajstić information content (AvgIpc) is 2.56. The van der Waals surface area contributed by atoms with Crippen LogP contribution in [0.4, 0.5) is 4.79 Å². The number of amides is 2. The first kappa shape index (κ1) is 17.8.